The van der Waals surface area contributed by atoms with Crippen molar-refractivity contribution in [1.82, 2.24) is 9.80 Å². The molecule has 0 radical (unpaired) electrons. The Labute approximate surface area is 204 Å². The van der Waals surface area contributed by atoms with Crippen molar-refractivity contribution in [1.29, 1.82) is 0 Å². The zero-order valence-corrected chi connectivity index (χ0v) is 20.5. The van der Waals surface area contributed by atoms with Crippen molar-refractivity contribution >= 4 is 23.2 Å². The van der Waals surface area contributed by atoms with E-state index in [9.17, 15) is 14.0 Å². The molecular weight excluding hydrogens is 451 g/mol. The molecule has 1 aromatic heterocycles. The quantitative estimate of drug-likeness (QED) is 0.335. The van der Waals surface area contributed by atoms with E-state index in [1.165, 1.54) is 12.1 Å². The lowest BCUT2D eigenvalue weighted by atomic mass is 10.1. The van der Waals surface area contributed by atoms with E-state index >= 15 is 0 Å². The van der Waals surface area contributed by atoms with Crippen LogP contribution in [0.15, 0.2) is 66.0 Å². The van der Waals surface area contributed by atoms with Crippen LogP contribution in [0.2, 0.25) is 0 Å². The number of amides is 2. The third kappa shape index (κ3) is 7.50. The third-order valence-electron chi connectivity index (χ3n) is 5.57. The number of aryl methyl sites for hydroxylation is 1. The van der Waals surface area contributed by atoms with E-state index in [4.69, 9.17) is 4.74 Å². The predicted molar refractivity (Wildman–Crippen MR) is 133 cm³/mol. The van der Waals surface area contributed by atoms with Crippen molar-refractivity contribution in [3.8, 4) is 0 Å². The molecule has 5 nitrogen and oxygen atoms in total. The Hall–Kier alpha value is -3.03. The van der Waals surface area contributed by atoms with Crippen LogP contribution in [0.3, 0.4) is 0 Å². The van der Waals surface area contributed by atoms with Gasteiger partial charge in [-0.25, -0.2) is 4.39 Å². The van der Waals surface area contributed by atoms with Crippen LogP contribution < -0.4 is 0 Å². The zero-order chi connectivity index (χ0) is 24.3. The Morgan fingerprint density at radius 2 is 1.65 bits per heavy atom. The SMILES string of the molecule is CCc1ccc(C(=O)N(CCCOC)CC(=O)N(Cc2ccc(F)cc2)Cc2cccs2)cc1. The van der Waals surface area contributed by atoms with Crippen LogP contribution in [0.25, 0.3) is 0 Å². The highest BCUT2D eigenvalue weighted by Crippen LogP contribution is 2.17. The molecule has 1 heterocycles. The number of carbonyl (C=O) groups excluding carboxylic acids is 2. The molecule has 0 spiro atoms. The number of benzene rings is 2. The average molecular weight is 483 g/mol. The first-order chi connectivity index (χ1) is 16.5. The van der Waals surface area contributed by atoms with Gasteiger partial charge in [0.25, 0.3) is 5.91 Å². The fourth-order valence-corrected chi connectivity index (χ4v) is 4.33. The molecule has 0 aliphatic carbocycles. The number of ether oxygens (including phenoxy) is 1. The Bertz CT molecular complexity index is 1040. The van der Waals surface area contributed by atoms with Crippen molar-refractivity contribution < 1.29 is 18.7 Å². The number of carbonyl (C=O) groups is 2. The minimum absolute atomic E-state index is 0.0371. The van der Waals surface area contributed by atoms with Gasteiger partial charge in [-0.3, -0.25) is 9.59 Å². The van der Waals surface area contributed by atoms with Gasteiger partial charge in [-0.05, 0) is 59.7 Å². The van der Waals surface area contributed by atoms with Crippen molar-refractivity contribution in [2.75, 3.05) is 26.8 Å². The van der Waals surface area contributed by atoms with Crippen LogP contribution in [0, 0.1) is 5.82 Å². The highest BCUT2D eigenvalue weighted by molar-refractivity contribution is 7.09. The van der Waals surface area contributed by atoms with Crippen LogP contribution in [-0.2, 0) is 29.0 Å². The summed E-state index contributed by atoms with van der Waals surface area (Å²) < 4.78 is 18.5. The summed E-state index contributed by atoms with van der Waals surface area (Å²) in [6, 6.07) is 17.6. The smallest absolute Gasteiger partial charge is 0.254 e. The minimum Gasteiger partial charge on any atom is -0.385 e. The average Bonchev–Trinajstić information content (AvgIpc) is 3.37. The third-order valence-corrected chi connectivity index (χ3v) is 6.43. The number of thiophene rings is 1. The Balaban J connectivity index is 1.78. The highest BCUT2D eigenvalue weighted by atomic mass is 32.1. The largest absolute Gasteiger partial charge is 0.385 e. The molecule has 0 unspecified atom stereocenters. The fourth-order valence-electron chi connectivity index (χ4n) is 3.61. The first kappa shape index (κ1) is 25.6. The number of nitrogens with zero attached hydrogens (tertiary/aromatic N) is 2. The van der Waals surface area contributed by atoms with Gasteiger partial charge in [-0.1, -0.05) is 37.3 Å². The Morgan fingerprint density at radius 1 is 0.941 bits per heavy atom. The lowest BCUT2D eigenvalue weighted by molar-refractivity contribution is -0.133. The van der Waals surface area contributed by atoms with Gasteiger partial charge in [-0.15, -0.1) is 11.3 Å². The number of rotatable bonds is 12. The van der Waals surface area contributed by atoms with Crippen LogP contribution in [0.4, 0.5) is 4.39 Å². The maximum absolute atomic E-state index is 13.5. The second-order valence-corrected chi connectivity index (χ2v) is 9.11. The van der Waals surface area contributed by atoms with Crippen LogP contribution >= 0.6 is 11.3 Å². The van der Waals surface area contributed by atoms with E-state index in [1.54, 1.807) is 40.4 Å². The number of hydrogen-bond acceptors (Lipinski definition) is 4. The van der Waals surface area contributed by atoms with E-state index in [0.29, 0.717) is 38.2 Å². The van der Waals surface area contributed by atoms with Gasteiger partial charge >= 0.3 is 0 Å². The maximum atomic E-state index is 13.5. The van der Waals surface area contributed by atoms with Crippen LogP contribution in [0.1, 0.15) is 39.7 Å². The van der Waals surface area contributed by atoms with E-state index in [0.717, 1.165) is 22.4 Å². The molecule has 2 aromatic carbocycles. The molecule has 0 fully saturated rings. The summed E-state index contributed by atoms with van der Waals surface area (Å²) in [6.07, 6.45) is 1.52. The first-order valence-corrected chi connectivity index (χ1v) is 12.3. The first-order valence-electron chi connectivity index (χ1n) is 11.4. The summed E-state index contributed by atoms with van der Waals surface area (Å²) in [5, 5.41) is 1.97. The fraction of sp³-hybridized carbons (Fsp3) is 0.333. The second kappa shape index (κ2) is 13.0. The van der Waals surface area contributed by atoms with Gasteiger partial charge in [0.05, 0.1) is 6.54 Å². The van der Waals surface area contributed by atoms with Crippen molar-refractivity contribution in [2.24, 2.45) is 0 Å². The van der Waals surface area contributed by atoms with E-state index in [2.05, 4.69) is 6.92 Å². The molecule has 180 valence electrons. The minimum atomic E-state index is -0.316. The lowest BCUT2D eigenvalue weighted by Crippen LogP contribution is -2.43. The summed E-state index contributed by atoms with van der Waals surface area (Å²) in [5.41, 5.74) is 2.55. The highest BCUT2D eigenvalue weighted by Gasteiger charge is 2.23. The normalized spacial score (nSPS) is 10.8. The number of hydrogen-bond donors (Lipinski definition) is 0. The van der Waals surface area contributed by atoms with E-state index in [1.807, 2.05) is 41.8 Å². The van der Waals surface area contributed by atoms with Crippen LogP contribution in [-0.4, -0.2) is 48.4 Å². The molecular formula is C27H31FN2O3S. The maximum Gasteiger partial charge on any atom is 0.254 e. The standard InChI is InChI=1S/C27H31FN2O3S/c1-3-21-7-11-23(12-8-21)27(32)29(15-5-16-33-2)20-26(31)30(19-25-6-4-17-34-25)18-22-9-13-24(28)14-10-22/h4,6-14,17H,3,5,15-16,18-20H2,1-2H3. The molecule has 0 N–H and O–H groups in total. The van der Waals surface area contributed by atoms with Crippen LogP contribution in [0.5, 0.6) is 0 Å². The van der Waals surface area contributed by atoms with Gasteiger partial charge in [-0.2, -0.15) is 0 Å². The molecule has 0 bridgehead atoms. The predicted octanol–water partition coefficient (Wildman–Crippen LogP) is 5.16. The van der Waals surface area contributed by atoms with Crippen molar-refractivity contribution in [3.63, 3.8) is 0 Å². The topological polar surface area (TPSA) is 49.9 Å². The summed E-state index contributed by atoms with van der Waals surface area (Å²) in [7, 11) is 1.62. The molecule has 0 aliphatic rings. The lowest BCUT2D eigenvalue weighted by Gasteiger charge is -2.28. The van der Waals surface area contributed by atoms with E-state index in [-0.39, 0.29) is 24.2 Å². The van der Waals surface area contributed by atoms with E-state index < -0.39 is 0 Å². The Kier molecular flexibility index (Phi) is 9.79. The molecule has 3 aromatic rings. The summed E-state index contributed by atoms with van der Waals surface area (Å²) in [4.78, 5) is 31.1. The van der Waals surface area contributed by atoms with Gasteiger partial charge in [0.2, 0.25) is 5.91 Å². The van der Waals surface area contributed by atoms with Gasteiger partial charge < -0.3 is 14.5 Å². The van der Waals surface area contributed by atoms with Crippen molar-refractivity contribution in [3.05, 3.63) is 93.4 Å². The summed E-state index contributed by atoms with van der Waals surface area (Å²) in [5.74, 6) is -0.650. The van der Waals surface area contributed by atoms with Gasteiger partial charge in [0.15, 0.2) is 0 Å². The summed E-state index contributed by atoms with van der Waals surface area (Å²) in [6.45, 7) is 3.71. The van der Waals surface area contributed by atoms with Gasteiger partial charge in [0, 0.05) is 37.2 Å². The molecule has 0 aliphatic heterocycles. The number of methoxy groups -OCH3 is 1. The summed E-state index contributed by atoms with van der Waals surface area (Å²) >= 11 is 1.57. The molecule has 3 rings (SSSR count). The van der Waals surface area contributed by atoms with Gasteiger partial charge in [0.1, 0.15) is 12.4 Å². The molecule has 7 heteroatoms. The number of halogens is 1. The zero-order valence-electron chi connectivity index (χ0n) is 19.7. The molecule has 0 saturated carbocycles. The van der Waals surface area contributed by atoms with Crippen molar-refractivity contribution in [2.45, 2.75) is 32.9 Å². The molecule has 0 atom stereocenters. The molecule has 0 saturated heterocycles. The molecule has 34 heavy (non-hydrogen) atoms. The second-order valence-electron chi connectivity index (χ2n) is 8.08. The Morgan fingerprint density at radius 3 is 2.26 bits per heavy atom. The molecule has 2 amide bonds. The monoisotopic (exact) mass is 482 g/mol.